The van der Waals surface area contributed by atoms with Crippen LogP contribution in [0.2, 0.25) is 0 Å². The molecule has 0 aromatic rings. The molecule has 0 radical (unpaired) electrons. The van der Waals surface area contributed by atoms with Gasteiger partial charge in [0.2, 0.25) is 0 Å². The van der Waals surface area contributed by atoms with Gasteiger partial charge in [-0.05, 0) is 27.7 Å². The molecule has 0 spiro atoms. The molecule has 0 aliphatic carbocycles. The SMILES string of the molecule is CC1(C)OCC([C@@H]2C[C@H]3OC(C)(C)OC3O2)O1. The maximum Gasteiger partial charge on any atom is 0.187 e. The van der Waals surface area contributed by atoms with Crippen molar-refractivity contribution in [1.82, 2.24) is 0 Å². The zero-order valence-electron chi connectivity index (χ0n) is 10.8. The molecular formula is C12H20O5. The van der Waals surface area contributed by atoms with Crippen molar-refractivity contribution < 1.29 is 23.7 Å². The summed E-state index contributed by atoms with van der Waals surface area (Å²) in [6.07, 6.45) is 0.538. The van der Waals surface area contributed by atoms with Crippen molar-refractivity contribution in [3.05, 3.63) is 0 Å². The zero-order valence-corrected chi connectivity index (χ0v) is 10.8. The van der Waals surface area contributed by atoms with Gasteiger partial charge in [0.05, 0.1) is 12.7 Å². The summed E-state index contributed by atoms with van der Waals surface area (Å²) in [6.45, 7) is 8.21. The van der Waals surface area contributed by atoms with E-state index in [2.05, 4.69) is 0 Å². The third-order valence-electron chi connectivity index (χ3n) is 3.36. The second-order valence-corrected chi connectivity index (χ2v) is 5.82. The van der Waals surface area contributed by atoms with Crippen LogP contribution in [0.25, 0.3) is 0 Å². The standard InChI is InChI=1S/C12H20O5/c1-11(2)13-6-9(16-11)7-5-8-10(14-7)17-12(3,4)15-8/h7-10H,5-6H2,1-4H3/t7-,8+,9?,10?/m0/s1. The summed E-state index contributed by atoms with van der Waals surface area (Å²) in [7, 11) is 0. The topological polar surface area (TPSA) is 46.2 Å². The summed E-state index contributed by atoms with van der Waals surface area (Å²) >= 11 is 0. The summed E-state index contributed by atoms with van der Waals surface area (Å²) in [5.41, 5.74) is 0. The molecule has 3 aliphatic rings. The molecule has 0 amide bonds. The molecule has 3 saturated heterocycles. The van der Waals surface area contributed by atoms with Gasteiger partial charge in [-0.1, -0.05) is 0 Å². The van der Waals surface area contributed by atoms with Crippen LogP contribution in [0.1, 0.15) is 34.1 Å². The fraction of sp³-hybridized carbons (Fsp3) is 1.00. The van der Waals surface area contributed by atoms with Gasteiger partial charge in [0, 0.05) is 6.42 Å². The highest BCUT2D eigenvalue weighted by Crippen LogP contribution is 2.40. The van der Waals surface area contributed by atoms with E-state index in [1.54, 1.807) is 0 Å². The molecule has 4 atom stereocenters. The van der Waals surface area contributed by atoms with Crippen LogP contribution in [0, 0.1) is 0 Å². The minimum Gasteiger partial charge on any atom is -0.348 e. The zero-order chi connectivity index (χ0) is 12.3. The van der Waals surface area contributed by atoms with Gasteiger partial charge in [0.1, 0.15) is 12.2 Å². The van der Waals surface area contributed by atoms with Gasteiger partial charge >= 0.3 is 0 Å². The van der Waals surface area contributed by atoms with Crippen LogP contribution in [0.15, 0.2) is 0 Å². The first-order chi connectivity index (χ1) is 7.85. The molecule has 3 heterocycles. The van der Waals surface area contributed by atoms with Crippen LogP contribution in [-0.4, -0.2) is 42.8 Å². The van der Waals surface area contributed by atoms with Crippen LogP contribution in [0.4, 0.5) is 0 Å². The number of hydrogen-bond acceptors (Lipinski definition) is 5. The second-order valence-electron chi connectivity index (χ2n) is 5.82. The fourth-order valence-corrected chi connectivity index (χ4v) is 2.67. The van der Waals surface area contributed by atoms with Gasteiger partial charge in [-0.25, -0.2) is 0 Å². The monoisotopic (exact) mass is 244 g/mol. The lowest BCUT2D eigenvalue weighted by molar-refractivity contribution is -0.220. The van der Waals surface area contributed by atoms with Crippen LogP contribution in [0.5, 0.6) is 0 Å². The molecule has 98 valence electrons. The minimum absolute atomic E-state index is 0.00266. The Balaban J connectivity index is 1.60. The van der Waals surface area contributed by atoms with Crippen molar-refractivity contribution in [2.45, 2.75) is 70.3 Å². The lowest BCUT2D eigenvalue weighted by atomic mass is 10.1. The van der Waals surface area contributed by atoms with Crippen LogP contribution >= 0.6 is 0 Å². The van der Waals surface area contributed by atoms with E-state index >= 15 is 0 Å². The predicted octanol–water partition coefficient (Wildman–Crippen LogP) is 1.40. The quantitative estimate of drug-likeness (QED) is 0.697. The lowest BCUT2D eigenvalue weighted by Crippen LogP contribution is -2.33. The van der Waals surface area contributed by atoms with Crippen molar-refractivity contribution >= 4 is 0 Å². The molecule has 0 bridgehead atoms. The summed E-state index contributed by atoms with van der Waals surface area (Å²) in [5.74, 6) is -1.04. The average Bonchev–Trinajstić information content (AvgIpc) is 2.75. The highest BCUT2D eigenvalue weighted by atomic mass is 16.8. The molecule has 2 unspecified atom stereocenters. The predicted molar refractivity (Wildman–Crippen MR) is 58.2 cm³/mol. The fourth-order valence-electron chi connectivity index (χ4n) is 2.67. The van der Waals surface area contributed by atoms with Gasteiger partial charge < -0.3 is 23.7 Å². The Morgan fingerprint density at radius 2 is 1.53 bits per heavy atom. The molecule has 5 nitrogen and oxygen atoms in total. The highest BCUT2D eigenvalue weighted by molar-refractivity contribution is 4.90. The van der Waals surface area contributed by atoms with Crippen molar-refractivity contribution in [3.8, 4) is 0 Å². The maximum absolute atomic E-state index is 5.85. The van der Waals surface area contributed by atoms with Crippen molar-refractivity contribution in [2.24, 2.45) is 0 Å². The maximum atomic E-state index is 5.85. The van der Waals surface area contributed by atoms with E-state index in [4.69, 9.17) is 23.7 Å². The molecule has 0 saturated carbocycles. The van der Waals surface area contributed by atoms with Crippen molar-refractivity contribution in [2.75, 3.05) is 6.61 Å². The molecule has 5 heteroatoms. The first kappa shape index (κ1) is 11.9. The first-order valence-electron chi connectivity index (χ1n) is 6.18. The molecule has 0 aromatic heterocycles. The minimum atomic E-state index is -0.535. The number of ether oxygens (including phenoxy) is 5. The van der Waals surface area contributed by atoms with Gasteiger partial charge in [-0.15, -0.1) is 0 Å². The van der Waals surface area contributed by atoms with Crippen molar-refractivity contribution in [3.63, 3.8) is 0 Å². The van der Waals surface area contributed by atoms with E-state index in [0.717, 1.165) is 6.42 Å². The lowest BCUT2D eigenvalue weighted by Gasteiger charge is -2.23. The Morgan fingerprint density at radius 3 is 2.12 bits per heavy atom. The van der Waals surface area contributed by atoms with E-state index in [9.17, 15) is 0 Å². The number of hydrogen-bond donors (Lipinski definition) is 0. The van der Waals surface area contributed by atoms with E-state index in [1.165, 1.54) is 0 Å². The molecular weight excluding hydrogens is 224 g/mol. The highest BCUT2D eigenvalue weighted by Gasteiger charge is 2.52. The molecule has 3 rings (SSSR count). The van der Waals surface area contributed by atoms with E-state index in [0.29, 0.717) is 6.61 Å². The Morgan fingerprint density at radius 1 is 0.824 bits per heavy atom. The third-order valence-corrected chi connectivity index (χ3v) is 3.36. The van der Waals surface area contributed by atoms with Crippen LogP contribution < -0.4 is 0 Å². The van der Waals surface area contributed by atoms with E-state index in [1.807, 2.05) is 27.7 Å². The molecule has 0 N–H and O–H groups in total. The van der Waals surface area contributed by atoms with Crippen LogP contribution in [-0.2, 0) is 23.7 Å². The van der Waals surface area contributed by atoms with Crippen molar-refractivity contribution in [1.29, 1.82) is 0 Å². The average molecular weight is 244 g/mol. The van der Waals surface area contributed by atoms with E-state index in [-0.39, 0.29) is 24.6 Å². The summed E-state index contributed by atoms with van der Waals surface area (Å²) in [4.78, 5) is 0. The Labute approximate surface area is 101 Å². The number of fused-ring (bicyclic) bond motifs is 1. The Kier molecular flexibility index (Phi) is 2.55. The van der Waals surface area contributed by atoms with Gasteiger partial charge in [0.25, 0.3) is 0 Å². The largest absolute Gasteiger partial charge is 0.348 e. The van der Waals surface area contributed by atoms with E-state index < -0.39 is 11.6 Å². The summed E-state index contributed by atoms with van der Waals surface area (Å²) < 4.78 is 28.6. The first-order valence-corrected chi connectivity index (χ1v) is 6.18. The molecule has 3 aliphatic heterocycles. The van der Waals surface area contributed by atoms with Gasteiger partial charge in [0.15, 0.2) is 17.9 Å². The molecule has 17 heavy (non-hydrogen) atoms. The molecule has 3 fully saturated rings. The smallest absolute Gasteiger partial charge is 0.187 e. The summed E-state index contributed by atoms with van der Waals surface area (Å²) in [5, 5.41) is 0. The van der Waals surface area contributed by atoms with Gasteiger partial charge in [-0.2, -0.15) is 0 Å². The normalized spacial score (nSPS) is 47.3. The Hall–Kier alpha value is -0.200. The summed E-state index contributed by atoms with van der Waals surface area (Å²) in [6, 6.07) is 0. The van der Waals surface area contributed by atoms with Crippen LogP contribution in [0.3, 0.4) is 0 Å². The molecule has 0 aromatic carbocycles. The Bertz CT molecular complexity index is 298. The number of rotatable bonds is 1. The van der Waals surface area contributed by atoms with Gasteiger partial charge in [-0.3, -0.25) is 0 Å². The third kappa shape index (κ3) is 2.22. The second kappa shape index (κ2) is 3.65.